The van der Waals surface area contributed by atoms with E-state index in [1.807, 2.05) is 0 Å². The number of halogens is 1. The van der Waals surface area contributed by atoms with Crippen LogP contribution in [-0.2, 0) is 6.42 Å². The minimum Gasteiger partial charge on any atom is -0.310 e. The van der Waals surface area contributed by atoms with E-state index in [1.54, 1.807) is 0 Å². The average Bonchev–Trinajstić information content (AvgIpc) is 2.80. The van der Waals surface area contributed by atoms with Crippen LogP contribution in [0.15, 0.2) is 22.7 Å². The maximum Gasteiger partial charge on any atom is 0.0326 e. The first-order chi connectivity index (χ1) is 8.83. The van der Waals surface area contributed by atoms with Crippen molar-refractivity contribution in [2.75, 3.05) is 6.54 Å². The van der Waals surface area contributed by atoms with Crippen LogP contribution in [0.3, 0.4) is 0 Å². The summed E-state index contributed by atoms with van der Waals surface area (Å²) in [6.07, 6.45) is 9.73. The molecular formula is C16H22BrN. The van der Waals surface area contributed by atoms with Gasteiger partial charge in [0.1, 0.15) is 0 Å². The van der Waals surface area contributed by atoms with Gasteiger partial charge in [0, 0.05) is 10.5 Å². The van der Waals surface area contributed by atoms with E-state index in [0.29, 0.717) is 6.04 Å². The number of nitrogens with one attached hydrogen (secondary N) is 1. The summed E-state index contributed by atoms with van der Waals surface area (Å²) in [6.45, 7) is 1.22. The van der Waals surface area contributed by atoms with Gasteiger partial charge in [0.2, 0.25) is 0 Å². The summed E-state index contributed by atoms with van der Waals surface area (Å²) >= 11 is 3.57. The first-order valence-electron chi connectivity index (χ1n) is 7.34. The highest BCUT2D eigenvalue weighted by Crippen LogP contribution is 2.33. The van der Waals surface area contributed by atoms with E-state index >= 15 is 0 Å². The fraction of sp³-hybridized carbons (Fsp3) is 0.625. The second-order valence-corrected chi connectivity index (χ2v) is 6.76. The molecule has 18 heavy (non-hydrogen) atoms. The predicted molar refractivity (Wildman–Crippen MR) is 79.8 cm³/mol. The summed E-state index contributed by atoms with van der Waals surface area (Å²) < 4.78 is 1.22. The molecule has 0 radical (unpaired) electrons. The van der Waals surface area contributed by atoms with Crippen LogP contribution in [0.2, 0.25) is 0 Å². The highest BCUT2D eigenvalue weighted by Gasteiger charge is 2.23. The lowest BCUT2D eigenvalue weighted by atomic mass is 9.89. The zero-order chi connectivity index (χ0) is 12.4. The molecule has 0 aromatic heterocycles. The van der Waals surface area contributed by atoms with Crippen molar-refractivity contribution in [3.05, 3.63) is 33.8 Å². The lowest BCUT2D eigenvalue weighted by Crippen LogP contribution is -2.27. The molecule has 0 saturated heterocycles. The Hall–Kier alpha value is -0.340. The quantitative estimate of drug-likeness (QED) is 0.860. The minimum absolute atomic E-state index is 0.607. The number of hydrogen-bond donors (Lipinski definition) is 1. The molecule has 2 aliphatic carbocycles. The van der Waals surface area contributed by atoms with Crippen LogP contribution in [0.25, 0.3) is 0 Å². The molecule has 0 spiro atoms. The van der Waals surface area contributed by atoms with E-state index in [-0.39, 0.29) is 0 Å². The van der Waals surface area contributed by atoms with E-state index in [1.165, 1.54) is 67.1 Å². The van der Waals surface area contributed by atoms with E-state index < -0.39 is 0 Å². The molecule has 1 aromatic rings. The van der Waals surface area contributed by atoms with Gasteiger partial charge in [-0.15, -0.1) is 0 Å². The second kappa shape index (κ2) is 5.75. The smallest absolute Gasteiger partial charge is 0.0326 e. The Balaban J connectivity index is 1.59. The van der Waals surface area contributed by atoms with Crippen molar-refractivity contribution in [2.45, 2.75) is 51.0 Å². The predicted octanol–water partition coefficient (Wildman–Crippen LogP) is 4.61. The third-order valence-electron chi connectivity index (χ3n) is 4.56. The van der Waals surface area contributed by atoms with E-state index in [0.717, 1.165) is 5.92 Å². The van der Waals surface area contributed by atoms with E-state index in [2.05, 4.69) is 39.4 Å². The summed E-state index contributed by atoms with van der Waals surface area (Å²) in [5, 5.41) is 3.81. The van der Waals surface area contributed by atoms with Crippen molar-refractivity contribution in [3.63, 3.8) is 0 Å². The SMILES string of the molecule is Brc1ccc2c(c1)CCC2NCC1CCCCC1. The molecule has 1 fully saturated rings. The molecular weight excluding hydrogens is 286 g/mol. The Morgan fingerprint density at radius 2 is 1.94 bits per heavy atom. The third kappa shape index (κ3) is 2.80. The fourth-order valence-electron chi connectivity index (χ4n) is 3.50. The van der Waals surface area contributed by atoms with Crippen LogP contribution in [-0.4, -0.2) is 6.54 Å². The Labute approximate surface area is 118 Å². The van der Waals surface area contributed by atoms with Crippen LogP contribution >= 0.6 is 15.9 Å². The van der Waals surface area contributed by atoms with Gasteiger partial charge in [0.05, 0.1) is 0 Å². The van der Waals surface area contributed by atoms with Crippen molar-refractivity contribution in [3.8, 4) is 0 Å². The van der Waals surface area contributed by atoms with Crippen molar-refractivity contribution < 1.29 is 0 Å². The highest BCUT2D eigenvalue weighted by atomic mass is 79.9. The Morgan fingerprint density at radius 1 is 1.11 bits per heavy atom. The molecule has 98 valence electrons. The normalized spacial score (nSPS) is 24.2. The maximum atomic E-state index is 3.81. The molecule has 1 unspecified atom stereocenters. The summed E-state index contributed by atoms with van der Waals surface area (Å²) in [7, 11) is 0. The summed E-state index contributed by atoms with van der Waals surface area (Å²) in [5.41, 5.74) is 3.07. The van der Waals surface area contributed by atoms with Crippen LogP contribution in [0, 0.1) is 5.92 Å². The molecule has 3 rings (SSSR count). The Morgan fingerprint density at radius 3 is 2.78 bits per heavy atom. The van der Waals surface area contributed by atoms with Crippen molar-refractivity contribution in [1.29, 1.82) is 0 Å². The van der Waals surface area contributed by atoms with Gasteiger partial charge in [-0.1, -0.05) is 41.3 Å². The largest absolute Gasteiger partial charge is 0.310 e. The summed E-state index contributed by atoms with van der Waals surface area (Å²) in [5.74, 6) is 0.929. The van der Waals surface area contributed by atoms with Gasteiger partial charge in [-0.3, -0.25) is 0 Å². The molecule has 0 aliphatic heterocycles. The zero-order valence-corrected chi connectivity index (χ0v) is 12.5. The van der Waals surface area contributed by atoms with Crippen molar-refractivity contribution >= 4 is 15.9 Å². The van der Waals surface area contributed by atoms with Crippen LogP contribution < -0.4 is 5.32 Å². The first kappa shape index (κ1) is 12.7. The first-order valence-corrected chi connectivity index (χ1v) is 8.14. The molecule has 1 atom stereocenters. The van der Waals surface area contributed by atoms with E-state index in [4.69, 9.17) is 0 Å². The molecule has 0 amide bonds. The Kier molecular flexibility index (Phi) is 4.05. The fourth-order valence-corrected chi connectivity index (χ4v) is 3.91. The van der Waals surface area contributed by atoms with Crippen LogP contribution in [0.1, 0.15) is 55.7 Å². The molecule has 2 aliphatic rings. The van der Waals surface area contributed by atoms with E-state index in [9.17, 15) is 0 Å². The van der Waals surface area contributed by atoms with Gasteiger partial charge in [0.25, 0.3) is 0 Å². The van der Waals surface area contributed by atoms with Crippen LogP contribution in [0.4, 0.5) is 0 Å². The number of rotatable bonds is 3. The van der Waals surface area contributed by atoms with Gasteiger partial charge in [0.15, 0.2) is 0 Å². The topological polar surface area (TPSA) is 12.0 Å². The van der Waals surface area contributed by atoms with Gasteiger partial charge < -0.3 is 5.32 Å². The lowest BCUT2D eigenvalue weighted by molar-refractivity contribution is 0.327. The molecule has 1 saturated carbocycles. The molecule has 2 heteroatoms. The number of fused-ring (bicyclic) bond motifs is 1. The molecule has 1 N–H and O–H groups in total. The molecule has 1 aromatic carbocycles. The highest BCUT2D eigenvalue weighted by molar-refractivity contribution is 9.10. The number of aryl methyl sites for hydroxylation is 1. The maximum absolute atomic E-state index is 3.81. The molecule has 0 bridgehead atoms. The zero-order valence-electron chi connectivity index (χ0n) is 10.9. The number of hydrogen-bond acceptors (Lipinski definition) is 1. The van der Waals surface area contributed by atoms with Gasteiger partial charge in [-0.25, -0.2) is 0 Å². The van der Waals surface area contributed by atoms with Gasteiger partial charge in [-0.2, -0.15) is 0 Å². The summed E-state index contributed by atoms with van der Waals surface area (Å²) in [6, 6.07) is 7.37. The third-order valence-corrected chi connectivity index (χ3v) is 5.05. The Bertz CT molecular complexity index is 410. The monoisotopic (exact) mass is 307 g/mol. The summed E-state index contributed by atoms with van der Waals surface area (Å²) in [4.78, 5) is 0. The lowest BCUT2D eigenvalue weighted by Gasteiger charge is -2.24. The van der Waals surface area contributed by atoms with Gasteiger partial charge in [-0.05, 0) is 61.4 Å². The molecule has 0 heterocycles. The van der Waals surface area contributed by atoms with Gasteiger partial charge >= 0.3 is 0 Å². The van der Waals surface area contributed by atoms with Crippen molar-refractivity contribution in [1.82, 2.24) is 5.32 Å². The standard InChI is InChI=1S/C16H22BrN/c17-14-7-8-15-13(10-14)6-9-16(15)18-11-12-4-2-1-3-5-12/h7-8,10,12,16,18H,1-6,9,11H2. The molecule has 1 nitrogen and oxygen atoms in total. The van der Waals surface area contributed by atoms with Crippen LogP contribution in [0.5, 0.6) is 0 Å². The minimum atomic E-state index is 0.607. The number of benzene rings is 1. The van der Waals surface area contributed by atoms with Crippen molar-refractivity contribution in [2.24, 2.45) is 5.92 Å². The average molecular weight is 308 g/mol. The second-order valence-electron chi connectivity index (χ2n) is 5.85.